The van der Waals surface area contributed by atoms with Gasteiger partial charge in [0.05, 0.1) is 11.3 Å². The number of anilines is 1. The Bertz CT molecular complexity index is 612. The number of sulfone groups is 1. The Morgan fingerprint density at radius 1 is 1.35 bits per heavy atom. The van der Waals surface area contributed by atoms with Crippen molar-refractivity contribution in [1.29, 1.82) is 0 Å². The summed E-state index contributed by atoms with van der Waals surface area (Å²) >= 11 is 0. The Morgan fingerprint density at radius 3 is 2.55 bits per heavy atom. The lowest BCUT2D eigenvalue weighted by atomic mass is 10.2. The second-order valence-corrected chi connectivity index (χ2v) is 6.66. The molecule has 1 atom stereocenters. The van der Waals surface area contributed by atoms with Crippen LogP contribution in [0.4, 0.5) is 10.5 Å². The van der Waals surface area contributed by atoms with E-state index < -0.39 is 27.9 Å². The molecule has 1 aromatic carbocycles. The second kappa shape index (κ2) is 6.38. The molecule has 0 spiro atoms. The summed E-state index contributed by atoms with van der Waals surface area (Å²) in [6.45, 7) is 1.56. The molecule has 20 heavy (non-hydrogen) atoms. The van der Waals surface area contributed by atoms with Gasteiger partial charge in [0.25, 0.3) is 0 Å². The van der Waals surface area contributed by atoms with Crippen molar-refractivity contribution in [3.05, 3.63) is 29.8 Å². The van der Waals surface area contributed by atoms with Crippen LogP contribution in [0.25, 0.3) is 0 Å². The van der Waals surface area contributed by atoms with E-state index in [-0.39, 0.29) is 11.3 Å². The summed E-state index contributed by atoms with van der Waals surface area (Å²) in [5.41, 5.74) is 0.362. The minimum atomic E-state index is -3.18. The number of nitrogens with one attached hydrogen (secondary N) is 2. The van der Waals surface area contributed by atoms with Crippen molar-refractivity contribution in [2.24, 2.45) is 0 Å². The van der Waals surface area contributed by atoms with E-state index in [1.54, 1.807) is 6.92 Å². The number of carbonyl (C=O) groups excluding carboxylic acids is 1. The Balaban J connectivity index is 2.63. The molecule has 0 fully saturated rings. The molecule has 0 heterocycles. The number of carboxylic acids is 1. The zero-order valence-electron chi connectivity index (χ0n) is 11.1. The average molecular weight is 300 g/mol. The number of urea groups is 1. The van der Waals surface area contributed by atoms with Crippen LogP contribution >= 0.6 is 0 Å². The van der Waals surface area contributed by atoms with Crippen molar-refractivity contribution in [2.45, 2.75) is 13.0 Å². The maximum Gasteiger partial charge on any atom is 0.335 e. The molecule has 2 amide bonds. The number of rotatable bonds is 5. The Morgan fingerprint density at radius 2 is 2.00 bits per heavy atom. The average Bonchev–Trinajstić information content (AvgIpc) is 2.25. The predicted molar refractivity (Wildman–Crippen MR) is 74.7 cm³/mol. The van der Waals surface area contributed by atoms with Crippen LogP contribution in [0.3, 0.4) is 0 Å². The smallest absolute Gasteiger partial charge is 0.335 e. The molecule has 8 heteroatoms. The first-order chi connectivity index (χ1) is 9.17. The third-order valence-corrected chi connectivity index (χ3v) is 3.40. The molecule has 1 unspecified atom stereocenters. The lowest BCUT2D eigenvalue weighted by Gasteiger charge is -2.13. The molecule has 1 aromatic rings. The molecule has 110 valence electrons. The SMILES string of the molecule is CC(CS(C)(=O)=O)NC(=O)Nc1cccc(C(=O)O)c1. The summed E-state index contributed by atoms with van der Waals surface area (Å²) in [6.07, 6.45) is 1.08. The number of carboxylic acid groups (broad SMARTS) is 1. The van der Waals surface area contributed by atoms with Crippen molar-refractivity contribution in [3.63, 3.8) is 0 Å². The maximum absolute atomic E-state index is 11.6. The molecule has 0 saturated carbocycles. The summed E-state index contributed by atoms with van der Waals surface area (Å²) in [5.74, 6) is -1.27. The first-order valence-corrected chi connectivity index (χ1v) is 7.82. The fourth-order valence-electron chi connectivity index (χ4n) is 1.62. The van der Waals surface area contributed by atoms with Gasteiger partial charge in [0.2, 0.25) is 0 Å². The van der Waals surface area contributed by atoms with Crippen LogP contribution in [0.15, 0.2) is 24.3 Å². The van der Waals surface area contributed by atoms with Crippen molar-refractivity contribution in [1.82, 2.24) is 5.32 Å². The van der Waals surface area contributed by atoms with Gasteiger partial charge >= 0.3 is 12.0 Å². The molecule has 0 radical (unpaired) electrons. The molecular formula is C12H16N2O5S. The lowest BCUT2D eigenvalue weighted by molar-refractivity contribution is 0.0697. The van der Waals surface area contributed by atoms with Gasteiger partial charge in [-0.15, -0.1) is 0 Å². The third-order valence-electron chi connectivity index (χ3n) is 2.30. The van der Waals surface area contributed by atoms with Crippen LogP contribution in [-0.4, -0.2) is 43.6 Å². The van der Waals surface area contributed by atoms with Gasteiger partial charge in [0, 0.05) is 18.0 Å². The molecule has 0 aliphatic carbocycles. The van der Waals surface area contributed by atoms with Crippen LogP contribution < -0.4 is 10.6 Å². The highest BCUT2D eigenvalue weighted by molar-refractivity contribution is 7.90. The zero-order valence-corrected chi connectivity index (χ0v) is 11.9. The fourth-order valence-corrected chi connectivity index (χ4v) is 2.61. The summed E-state index contributed by atoms with van der Waals surface area (Å²) in [7, 11) is -3.18. The largest absolute Gasteiger partial charge is 0.478 e. The van der Waals surface area contributed by atoms with Crippen molar-refractivity contribution < 1.29 is 23.1 Å². The van der Waals surface area contributed by atoms with Gasteiger partial charge in [0.1, 0.15) is 9.84 Å². The van der Waals surface area contributed by atoms with Gasteiger partial charge < -0.3 is 15.7 Å². The molecule has 0 aliphatic heterocycles. The Kier molecular flexibility index (Phi) is 5.09. The molecule has 7 nitrogen and oxygen atoms in total. The van der Waals surface area contributed by atoms with Crippen molar-refractivity contribution >= 4 is 27.5 Å². The number of aromatic carboxylic acids is 1. The minimum absolute atomic E-state index is 0.0481. The monoisotopic (exact) mass is 300 g/mol. The summed E-state index contributed by atoms with van der Waals surface area (Å²) in [6, 6.07) is 4.60. The Hall–Kier alpha value is -2.09. The van der Waals surface area contributed by atoms with Gasteiger partial charge in [-0.05, 0) is 25.1 Å². The quantitative estimate of drug-likeness (QED) is 0.749. The first-order valence-electron chi connectivity index (χ1n) is 5.76. The number of benzene rings is 1. The third kappa shape index (κ3) is 5.70. The number of carbonyl (C=O) groups is 2. The standard InChI is InChI=1S/C12H16N2O5S/c1-8(7-20(2,18)19)13-12(17)14-10-5-3-4-9(6-10)11(15)16/h3-6,8H,7H2,1-2H3,(H,15,16)(H2,13,14,17). The van der Waals surface area contributed by atoms with E-state index in [0.29, 0.717) is 5.69 Å². The summed E-state index contributed by atoms with van der Waals surface area (Å²) in [4.78, 5) is 22.4. The molecule has 0 bridgehead atoms. The van der Waals surface area contributed by atoms with Crippen molar-refractivity contribution in [2.75, 3.05) is 17.3 Å². The Labute approximate surface area is 116 Å². The summed E-state index contributed by atoms with van der Waals surface area (Å²) < 4.78 is 22.1. The van der Waals surface area contributed by atoms with Crippen LogP contribution in [-0.2, 0) is 9.84 Å². The van der Waals surface area contributed by atoms with E-state index in [9.17, 15) is 18.0 Å². The van der Waals surface area contributed by atoms with E-state index in [1.807, 2.05) is 0 Å². The van der Waals surface area contributed by atoms with E-state index >= 15 is 0 Å². The molecule has 1 rings (SSSR count). The molecule has 0 aromatic heterocycles. The number of hydrogen-bond donors (Lipinski definition) is 3. The van der Waals surface area contributed by atoms with Crippen LogP contribution in [0.1, 0.15) is 17.3 Å². The normalized spacial score (nSPS) is 12.5. The molecular weight excluding hydrogens is 284 g/mol. The highest BCUT2D eigenvalue weighted by atomic mass is 32.2. The van der Waals surface area contributed by atoms with Gasteiger partial charge in [-0.2, -0.15) is 0 Å². The topological polar surface area (TPSA) is 113 Å². The molecule has 3 N–H and O–H groups in total. The van der Waals surface area contributed by atoms with E-state index in [4.69, 9.17) is 5.11 Å². The van der Waals surface area contributed by atoms with Gasteiger partial charge in [-0.25, -0.2) is 18.0 Å². The maximum atomic E-state index is 11.6. The van der Waals surface area contributed by atoms with Crippen molar-refractivity contribution in [3.8, 4) is 0 Å². The predicted octanol–water partition coefficient (Wildman–Crippen LogP) is 0.939. The number of hydrogen-bond acceptors (Lipinski definition) is 4. The van der Waals surface area contributed by atoms with E-state index in [1.165, 1.54) is 24.3 Å². The van der Waals surface area contributed by atoms with E-state index in [2.05, 4.69) is 10.6 Å². The lowest BCUT2D eigenvalue weighted by Crippen LogP contribution is -2.39. The number of amides is 2. The zero-order chi connectivity index (χ0) is 15.3. The van der Waals surface area contributed by atoms with E-state index in [0.717, 1.165) is 6.26 Å². The van der Waals surface area contributed by atoms with Crippen LogP contribution in [0.2, 0.25) is 0 Å². The highest BCUT2D eigenvalue weighted by Crippen LogP contribution is 2.10. The molecule has 0 aliphatic rings. The first kappa shape index (κ1) is 16.0. The highest BCUT2D eigenvalue weighted by Gasteiger charge is 2.13. The van der Waals surface area contributed by atoms with Gasteiger partial charge in [0.15, 0.2) is 0 Å². The van der Waals surface area contributed by atoms with Gasteiger partial charge in [-0.1, -0.05) is 6.07 Å². The van der Waals surface area contributed by atoms with Gasteiger partial charge in [-0.3, -0.25) is 0 Å². The second-order valence-electron chi connectivity index (χ2n) is 4.48. The summed E-state index contributed by atoms with van der Waals surface area (Å²) in [5, 5.41) is 13.7. The van der Waals surface area contributed by atoms with Crippen LogP contribution in [0.5, 0.6) is 0 Å². The fraction of sp³-hybridized carbons (Fsp3) is 0.333. The van der Waals surface area contributed by atoms with Crippen LogP contribution in [0, 0.1) is 0 Å². The minimum Gasteiger partial charge on any atom is -0.478 e. The molecule has 0 saturated heterocycles.